The highest BCUT2D eigenvalue weighted by molar-refractivity contribution is 14.1. The summed E-state index contributed by atoms with van der Waals surface area (Å²) in [7, 11) is -2.65. The van der Waals surface area contributed by atoms with Crippen LogP contribution in [0.15, 0.2) is 48.5 Å². The Kier molecular flexibility index (Phi) is 8.74. The number of hydrogen-bond donors (Lipinski definition) is 2. The molecule has 2 N–H and O–H groups in total. The smallest absolute Gasteiger partial charge is 0.301 e. The Bertz CT molecular complexity index is 1410. The van der Waals surface area contributed by atoms with E-state index >= 15 is 0 Å². The zero-order valence-electron chi connectivity index (χ0n) is 19.6. The van der Waals surface area contributed by atoms with E-state index in [0.717, 1.165) is 15.7 Å². The fourth-order valence-corrected chi connectivity index (χ4v) is 5.96. The molecule has 1 saturated heterocycles. The van der Waals surface area contributed by atoms with Crippen LogP contribution in [0.4, 0.5) is 30.2 Å². The SMILES string of the molecule is COc1ccc(CN2CCN(S(=O)(=O)Nc3ccc(F)c(F)c3Nc3ccc(I)cc3Cl)CC2)c(F)c1. The van der Waals surface area contributed by atoms with Gasteiger partial charge in [0, 0.05) is 47.9 Å². The highest BCUT2D eigenvalue weighted by Gasteiger charge is 2.29. The van der Waals surface area contributed by atoms with Crippen LogP contribution in [-0.4, -0.2) is 50.9 Å². The second-order valence-electron chi connectivity index (χ2n) is 8.27. The first-order chi connectivity index (χ1) is 17.6. The van der Waals surface area contributed by atoms with E-state index < -0.39 is 27.7 Å². The van der Waals surface area contributed by atoms with Crippen molar-refractivity contribution < 1.29 is 26.3 Å². The van der Waals surface area contributed by atoms with Gasteiger partial charge in [-0.1, -0.05) is 17.7 Å². The molecule has 0 spiro atoms. The molecule has 3 aromatic carbocycles. The van der Waals surface area contributed by atoms with Crippen molar-refractivity contribution in [2.75, 3.05) is 43.3 Å². The summed E-state index contributed by atoms with van der Waals surface area (Å²) < 4.78 is 78.7. The molecule has 0 amide bonds. The van der Waals surface area contributed by atoms with Crippen LogP contribution in [0.3, 0.4) is 0 Å². The molecule has 1 aliphatic heterocycles. The normalized spacial score (nSPS) is 15.0. The van der Waals surface area contributed by atoms with E-state index in [1.165, 1.54) is 17.5 Å². The van der Waals surface area contributed by atoms with Crippen LogP contribution in [0.25, 0.3) is 0 Å². The van der Waals surface area contributed by atoms with E-state index in [1.807, 2.05) is 4.90 Å². The molecule has 0 aliphatic carbocycles. The molecule has 198 valence electrons. The summed E-state index contributed by atoms with van der Waals surface area (Å²) in [5, 5.41) is 2.96. The van der Waals surface area contributed by atoms with Crippen LogP contribution in [0.5, 0.6) is 5.75 Å². The molecule has 1 aliphatic rings. The molecule has 4 rings (SSSR count). The van der Waals surface area contributed by atoms with Gasteiger partial charge in [-0.3, -0.25) is 9.62 Å². The van der Waals surface area contributed by atoms with E-state index in [9.17, 15) is 21.6 Å². The van der Waals surface area contributed by atoms with Gasteiger partial charge in [-0.2, -0.15) is 12.7 Å². The second-order valence-corrected chi connectivity index (χ2v) is 11.6. The second kappa shape index (κ2) is 11.6. The molecule has 3 aromatic rings. The topological polar surface area (TPSA) is 73.9 Å². The first-order valence-electron chi connectivity index (χ1n) is 11.1. The predicted molar refractivity (Wildman–Crippen MR) is 146 cm³/mol. The Morgan fingerprint density at radius 1 is 0.973 bits per heavy atom. The Hall–Kier alpha value is -2.26. The van der Waals surface area contributed by atoms with Gasteiger partial charge in [0.05, 0.1) is 23.5 Å². The zero-order chi connectivity index (χ0) is 26.7. The monoisotopic (exact) mass is 666 g/mol. The van der Waals surface area contributed by atoms with Crippen molar-refractivity contribution in [1.82, 2.24) is 9.21 Å². The summed E-state index contributed by atoms with van der Waals surface area (Å²) in [6, 6.07) is 11.5. The first-order valence-corrected chi connectivity index (χ1v) is 14.0. The van der Waals surface area contributed by atoms with Gasteiger partial charge in [0.2, 0.25) is 0 Å². The van der Waals surface area contributed by atoms with Gasteiger partial charge >= 0.3 is 10.2 Å². The van der Waals surface area contributed by atoms with Crippen LogP contribution in [0.2, 0.25) is 5.02 Å². The van der Waals surface area contributed by atoms with Crippen LogP contribution in [0.1, 0.15) is 5.56 Å². The molecule has 0 radical (unpaired) electrons. The average Bonchev–Trinajstić information content (AvgIpc) is 2.86. The molecule has 0 bridgehead atoms. The molecular weight excluding hydrogens is 644 g/mol. The Morgan fingerprint density at radius 3 is 2.32 bits per heavy atom. The number of rotatable bonds is 8. The number of ether oxygens (including phenoxy) is 1. The summed E-state index contributed by atoms with van der Waals surface area (Å²) in [6.45, 7) is 1.27. The number of methoxy groups -OCH3 is 1. The van der Waals surface area contributed by atoms with Gasteiger partial charge in [0.15, 0.2) is 11.6 Å². The van der Waals surface area contributed by atoms with Gasteiger partial charge in [-0.25, -0.2) is 13.2 Å². The minimum atomic E-state index is -4.11. The standard InChI is InChI=1S/C24H23ClF3IN4O3S/c1-36-17-4-2-15(20(27)13-17)14-32-8-10-33(11-9-32)37(34,35)31-22-7-5-19(26)23(28)24(22)30-21-6-3-16(29)12-18(21)25/h2-7,12-13,30-31H,8-11,14H2,1H3. The van der Waals surface area contributed by atoms with Crippen LogP contribution >= 0.6 is 34.2 Å². The maximum Gasteiger partial charge on any atom is 0.301 e. The maximum atomic E-state index is 14.7. The van der Waals surface area contributed by atoms with Crippen molar-refractivity contribution in [2.24, 2.45) is 0 Å². The summed E-state index contributed by atoms with van der Waals surface area (Å²) in [5.74, 6) is -2.38. The van der Waals surface area contributed by atoms with Gasteiger partial charge in [-0.05, 0) is 59.0 Å². The number of nitrogens with one attached hydrogen (secondary N) is 2. The minimum Gasteiger partial charge on any atom is -0.497 e. The van der Waals surface area contributed by atoms with Crippen molar-refractivity contribution in [3.63, 3.8) is 0 Å². The molecule has 1 heterocycles. The van der Waals surface area contributed by atoms with Gasteiger partial charge < -0.3 is 10.1 Å². The third kappa shape index (κ3) is 6.60. The Morgan fingerprint density at radius 2 is 1.68 bits per heavy atom. The number of benzene rings is 3. The molecule has 0 atom stereocenters. The lowest BCUT2D eigenvalue weighted by Crippen LogP contribution is -2.49. The minimum absolute atomic E-state index is 0.127. The van der Waals surface area contributed by atoms with E-state index in [1.54, 1.807) is 30.3 Å². The Labute approximate surface area is 231 Å². The maximum absolute atomic E-state index is 14.7. The molecule has 0 aromatic heterocycles. The summed E-state index contributed by atoms with van der Waals surface area (Å²) in [5.41, 5.74) is 0.199. The Balaban J connectivity index is 1.46. The van der Waals surface area contributed by atoms with E-state index in [-0.39, 0.29) is 35.2 Å². The highest BCUT2D eigenvalue weighted by atomic mass is 127. The summed E-state index contributed by atoms with van der Waals surface area (Å²) >= 11 is 8.27. The van der Waals surface area contributed by atoms with Crippen molar-refractivity contribution in [2.45, 2.75) is 6.54 Å². The number of halogens is 5. The van der Waals surface area contributed by atoms with Crippen molar-refractivity contribution in [3.8, 4) is 5.75 Å². The molecule has 1 fully saturated rings. The van der Waals surface area contributed by atoms with Gasteiger partial charge in [0.1, 0.15) is 17.3 Å². The molecule has 37 heavy (non-hydrogen) atoms. The van der Waals surface area contributed by atoms with Crippen LogP contribution in [-0.2, 0) is 16.8 Å². The molecule has 7 nitrogen and oxygen atoms in total. The lowest BCUT2D eigenvalue weighted by Gasteiger charge is -2.34. The number of anilines is 3. The van der Waals surface area contributed by atoms with E-state index in [0.29, 0.717) is 30.9 Å². The van der Waals surface area contributed by atoms with Crippen molar-refractivity contribution in [1.29, 1.82) is 0 Å². The highest BCUT2D eigenvalue weighted by Crippen LogP contribution is 2.34. The van der Waals surface area contributed by atoms with E-state index in [2.05, 4.69) is 32.6 Å². The van der Waals surface area contributed by atoms with Crippen LogP contribution < -0.4 is 14.8 Å². The summed E-state index contributed by atoms with van der Waals surface area (Å²) in [4.78, 5) is 1.93. The van der Waals surface area contributed by atoms with E-state index in [4.69, 9.17) is 16.3 Å². The third-order valence-corrected chi connectivity index (χ3v) is 8.36. The molecule has 13 heteroatoms. The lowest BCUT2D eigenvalue weighted by atomic mass is 10.2. The fraction of sp³-hybridized carbons (Fsp3) is 0.250. The average molecular weight is 667 g/mol. The number of piperazine rings is 1. The van der Waals surface area contributed by atoms with Crippen LogP contribution in [0, 0.1) is 21.0 Å². The zero-order valence-corrected chi connectivity index (χ0v) is 23.3. The number of hydrogen-bond acceptors (Lipinski definition) is 5. The van der Waals surface area contributed by atoms with Crippen molar-refractivity contribution >= 4 is 61.5 Å². The third-order valence-electron chi connectivity index (χ3n) is 5.85. The molecule has 0 unspecified atom stereocenters. The number of nitrogens with zero attached hydrogens (tertiary/aromatic N) is 2. The summed E-state index contributed by atoms with van der Waals surface area (Å²) in [6.07, 6.45) is 0. The lowest BCUT2D eigenvalue weighted by molar-refractivity contribution is 0.180. The largest absolute Gasteiger partial charge is 0.497 e. The van der Waals surface area contributed by atoms with Crippen molar-refractivity contribution in [3.05, 3.63) is 80.1 Å². The quantitative estimate of drug-likeness (QED) is 0.307. The first kappa shape index (κ1) is 27.8. The van der Waals surface area contributed by atoms with Gasteiger partial charge in [0.25, 0.3) is 0 Å². The fourth-order valence-electron chi connectivity index (χ4n) is 3.84. The molecule has 0 saturated carbocycles. The van der Waals surface area contributed by atoms with Gasteiger partial charge in [-0.15, -0.1) is 0 Å². The predicted octanol–water partition coefficient (Wildman–Crippen LogP) is 5.59. The molecular formula is C24H23ClF3IN4O3S.